The highest BCUT2D eigenvalue weighted by Crippen LogP contribution is 2.42. The fraction of sp³-hybridized carbons (Fsp3) is 0.286. The molecule has 0 unspecified atom stereocenters. The lowest BCUT2D eigenvalue weighted by molar-refractivity contribution is -0.137. The smallest absolute Gasteiger partial charge is 0.331 e. The summed E-state index contributed by atoms with van der Waals surface area (Å²) in [6, 6.07) is 9.01. The molecule has 0 N–H and O–H groups in total. The zero-order valence-electron chi connectivity index (χ0n) is 16.2. The predicted molar refractivity (Wildman–Crippen MR) is 102 cm³/mol. The van der Waals surface area contributed by atoms with Gasteiger partial charge in [-0.15, -0.1) is 0 Å². The summed E-state index contributed by atoms with van der Waals surface area (Å²) in [4.78, 5) is 12.2. The third-order valence-corrected chi connectivity index (χ3v) is 4.21. The molecule has 0 fully saturated rings. The van der Waals surface area contributed by atoms with Crippen molar-refractivity contribution in [2.24, 2.45) is 0 Å². The van der Waals surface area contributed by atoms with Crippen molar-refractivity contribution in [2.75, 3.05) is 34.7 Å². The largest absolute Gasteiger partial charge is 0.493 e. The quantitative estimate of drug-likeness (QED) is 0.533. The molecule has 7 heteroatoms. The van der Waals surface area contributed by atoms with Gasteiger partial charge in [0, 0.05) is 6.08 Å². The van der Waals surface area contributed by atoms with Crippen molar-refractivity contribution in [1.29, 1.82) is 0 Å². The minimum Gasteiger partial charge on any atom is -0.493 e. The summed E-state index contributed by atoms with van der Waals surface area (Å²) < 4.78 is 32.2. The molecule has 3 rings (SSSR count). The minimum absolute atomic E-state index is 0.167. The summed E-state index contributed by atoms with van der Waals surface area (Å²) in [5.74, 6) is 2.24. The van der Waals surface area contributed by atoms with Gasteiger partial charge in [0.25, 0.3) is 0 Å². The first-order valence-corrected chi connectivity index (χ1v) is 8.70. The third-order valence-electron chi connectivity index (χ3n) is 4.21. The van der Waals surface area contributed by atoms with E-state index in [1.165, 1.54) is 27.4 Å². The Labute approximate surface area is 163 Å². The van der Waals surface area contributed by atoms with E-state index in [1.807, 2.05) is 12.1 Å². The van der Waals surface area contributed by atoms with Crippen LogP contribution in [0.15, 0.2) is 36.4 Å². The lowest BCUT2D eigenvalue weighted by atomic mass is 9.96. The van der Waals surface area contributed by atoms with Gasteiger partial charge in [-0.2, -0.15) is 0 Å². The zero-order valence-corrected chi connectivity index (χ0v) is 16.2. The van der Waals surface area contributed by atoms with Crippen LogP contribution in [0, 0.1) is 0 Å². The first-order valence-electron chi connectivity index (χ1n) is 8.70. The summed E-state index contributed by atoms with van der Waals surface area (Å²) in [6.45, 7) is 2.20. The normalized spacial score (nSPS) is 12.5. The fourth-order valence-electron chi connectivity index (χ4n) is 2.94. The van der Waals surface area contributed by atoms with Crippen LogP contribution >= 0.6 is 0 Å². The maximum Gasteiger partial charge on any atom is 0.331 e. The van der Waals surface area contributed by atoms with E-state index in [4.69, 9.17) is 28.4 Å². The second-order valence-corrected chi connectivity index (χ2v) is 5.79. The summed E-state index contributed by atoms with van der Waals surface area (Å²) in [6.07, 6.45) is 1.43. The summed E-state index contributed by atoms with van der Waals surface area (Å²) in [5.41, 5.74) is 2.07. The zero-order chi connectivity index (χ0) is 20.1. The summed E-state index contributed by atoms with van der Waals surface area (Å²) in [5, 5.41) is 0. The first kappa shape index (κ1) is 19.4. The lowest BCUT2D eigenvalue weighted by Gasteiger charge is -2.16. The van der Waals surface area contributed by atoms with Gasteiger partial charge in [-0.05, 0) is 47.9 Å². The van der Waals surface area contributed by atoms with Crippen molar-refractivity contribution in [3.05, 3.63) is 47.5 Å². The van der Waals surface area contributed by atoms with Crippen molar-refractivity contribution < 1.29 is 33.2 Å². The molecule has 1 heterocycles. The number of fused-ring (bicyclic) bond motifs is 1. The van der Waals surface area contributed by atoms with Crippen LogP contribution in [-0.2, 0) is 9.53 Å². The molecule has 0 atom stereocenters. The van der Waals surface area contributed by atoms with E-state index in [9.17, 15) is 4.79 Å². The van der Waals surface area contributed by atoms with Crippen LogP contribution in [-0.4, -0.2) is 40.7 Å². The van der Waals surface area contributed by atoms with E-state index < -0.39 is 5.97 Å². The van der Waals surface area contributed by atoms with Gasteiger partial charge in [0.2, 0.25) is 12.5 Å². The maximum absolute atomic E-state index is 12.2. The van der Waals surface area contributed by atoms with Gasteiger partial charge >= 0.3 is 5.97 Å². The standard InChI is InChI=1S/C21H22O7/c1-5-26-20(22)11-15(13-6-7-16-17(8-13)28-12-27-16)14-9-18(23-2)21(25-4)19(10-14)24-3/h6-11H,5,12H2,1-4H3/b15-11+. The molecule has 148 valence electrons. The predicted octanol–water partition coefficient (Wildman–Crippen LogP) is 3.44. The molecule has 0 amide bonds. The van der Waals surface area contributed by atoms with Crippen molar-refractivity contribution in [3.63, 3.8) is 0 Å². The summed E-state index contributed by atoms with van der Waals surface area (Å²) in [7, 11) is 4.61. The molecule has 0 saturated heterocycles. The Kier molecular flexibility index (Phi) is 5.93. The van der Waals surface area contributed by atoms with Gasteiger partial charge in [0.15, 0.2) is 23.0 Å². The van der Waals surface area contributed by atoms with Crippen LogP contribution < -0.4 is 23.7 Å². The van der Waals surface area contributed by atoms with Crippen LogP contribution in [0.3, 0.4) is 0 Å². The van der Waals surface area contributed by atoms with Gasteiger partial charge in [-0.3, -0.25) is 0 Å². The monoisotopic (exact) mass is 386 g/mol. The highest BCUT2D eigenvalue weighted by Gasteiger charge is 2.20. The van der Waals surface area contributed by atoms with Crippen LogP contribution in [0.2, 0.25) is 0 Å². The molecule has 1 aliphatic heterocycles. The maximum atomic E-state index is 12.2. The number of hydrogen-bond donors (Lipinski definition) is 0. The van der Waals surface area contributed by atoms with E-state index in [2.05, 4.69) is 0 Å². The molecule has 28 heavy (non-hydrogen) atoms. The van der Waals surface area contributed by atoms with E-state index in [1.54, 1.807) is 25.1 Å². The second-order valence-electron chi connectivity index (χ2n) is 5.79. The number of methoxy groups -OCH3 is 3. The fourth-order valence-corrected chi connectivity index (χ4v) is 2.94. The molecule has 2 aromatic carbocycles. The van der Waals surface area contributed by atoms with Gasteiger partial charge < -0.3 is 28.4 Å². The molecule has 1 aliphatic rings. The molecule has 0 radical (unpaired) electrons. The summed E-state index contributed by atoms with van der Waals surface area (Å²) >= 11 is 0. The van der Waals surface area contributed by atoms with Gasteiger partial charge in [-0.25, -0.2) is 4.79 Å². The van der Waals surface area contributed by atoms with Crippen molar-refractivity contribution >= 4 is 11.5 Å². The minimum atomic E-state index is -0.455. The number of ether oxygens (including phenoxy) is 6. The van der Waals surface area contributed by atoms with E-state index in [-0.39, 0.29) is 13.4 Å². The molecule has 0 saturated carbocycles. The van der Waals surface area contributed by atoms with E-state index >= 15 is 0 Å². The number of hydrogen-bond acceptors (Lipinski definition) is 7. The molecule has 0 aromatic heterocycles. The molecular formula is C21H22O7. The SMILES string of the molecule is CCOC(=O)/C=C(\c1ccc2c(c1)OCO2)c1cc(OC)c(OC)c(OC)c1. The lowest BCUT2D eigenvalue weighted by Crippen LogP contribution is -2.03. The topological polar surface area (TPSA) is 72.5 Å². The van der Waals surface area contributed by atoms with Crippen LogP contribution in [0.5, 0.6) is 28.7 Å². The highest BCUT2D eigenvalue weighted by atomic mass is 16.7. The molecule has 0 spiro atoms. The number of carbonyl (C=O) groups excluding carboxylic acids is 1. The first-order chi connectivity index (χ1) is 13.6. The Morgan fingerprint density at radius 3 is 2.25 bits per heavy atom. The molecule has 2 aromatic rings. The van der Waals surface area contributed by atoms with Crippen LogP contribution in [0.4, 0.5) is 0 Å². The number of benzene rings is 2. The molecule has 7 nitrogen and oxygen atoms in total. The third kappa shape index (κ3) is 3.83. The Balaban J connectivity index is 2.16. The highest BCUT2D eigenvalue weighted by molar-refractivity contribution is 5.97. The Hall–Kier alpha value is -3.35. The Bertz CT molecular complexity index is 877. The number of esters is 1. The van der Waals surface area contributed by atoms with Crippen molar-refractivity contribution in [3.8, 4) is 28.7 Å². The van der Waals surface area contributed by atoms with E-state index in [0.717, 1.165) is 5.56 Å². The molecule has 0 bridgehead atoms. The number of carbonyl (C=O) groups is 1. The van der Waals surface area contributed by atoms with Gasteiger partial charge in [0.1, 0.15) is 0 Å². The van der Waals surface area contributed by atoms with Gasteiger partial charge in [0.05, 0.1) is 27.9 Å². The Morgan fingerprint density at radius 2 is 1.64 bits per heavy atom. The molecule has 0 aliphatic carbocycles. The van der Waals surface area contributed by atoms with Gasteiger partial charge in [-0.1, -0.05) is 6.07 Å². The van der Waals surface area contributed by atoms with Crippen LogP contribution in [0.1, 0.15) is 18.1 Å². The average Bonchev–Trinajstić information content (AvgIpc) is 3.18. The Morgan fingerprint density at radius 1 is 0.964 bits per heavy atom. The second kappa shape index (κ2) is 8.56. The van der Waals surface area contributed by atoms with E-state index in [0.29, 0.717) is 39.9 Å². The molecular weight excluding hydrogens is 364 g/mol. The van der Waals surface area contributed by atoms with Crippen LogP contribution in [0.25, 0.3) is 5.57 Å². The number of rotatable bonds is 7. The van der Waals surface area contributed by atoms with Crippen molar-refractivity contribution in [1.82, 2.24) is 0 Å². The average molecular weight is 386 g/mol. The van der Waals surface area contributed by atoms with Crippen molar-refractivity contribution in [2.45, 2.75) is 6.92 Å².